The molecule has 13 heavy (non-hydrogen) atoms. The van der Waals surface area contributed by atoms with E-state index in [1.165, 1.54) is 0 Å². The van der Waals surface area contributed by atoms with Gasteiger partial charge in [0.2, 0.25) is 0 Å². The molecule has 1 aromatic carbocycles. The normalized spacial score (nSPS) is 12.8. The second-order valence-corrected chi connectivity index (χ2v) is 4.64. The minimum Gasteiger partial charge on any atom is -0.326 e. The predicted octanol–water partition coefficient (Wildman–Crippen LogP) is 1.41. The van der Waals surface area contributed by atoms with Crippen LogP contribution in [0.25, 0.3) is 0 Å². The second-order valence-electron chi connectivity index (χ2n) is 2.89. The van der Waals surface area contributed by atoms with Crippen molar-refractivity contribution >= 4 is 10.8 Å². The Kier molecular flexibility index (Phi) is 4.12. The first-order chi connectivity index (χ1) is 6.26. The van der Waals surface area contributed by atoms with Crippen molar-refractivity contribution in [3.63, 3.8) is 0 Å². The Morgan fingerprint density at radius 3 is 2.23 bits per heavy atom. The summed E-state index contributed by atoms with van der Waals surface area (Å²) in [7, 11) is -0.718. The van der Waals surface area contributed by atoms with Crippen molar-refractivity contribution in [1.82, 2.24) is 0 Å². The highest BCUT2D eigenvalue weighted by Gasteiger charge is 1.98. The number of hydrogen-bond donors (Lipinski definition) is 1. The van der Waals surface area contributed by atoms with Crippen LogP contribution >= 0.6 is 0 Å². The second kappa shape index (κ2) is 5.14. The molecule has 0 amide bonds. The Bertz CT molecular complexity index is 281. The summed E-state index contributed by atoms with van der Waals surface area (Å²) < 4.78 is 11.2. The van der Waals surface area contributed by atoms with Gasteiger partial charge >= 0.3 is 0 Å². The van der Waals surface area contributed by atoms with Crippen molar-refractivity contribution in [3.8, 4) is 0 Å². The van der Waals surface area contributed by atoms with Crippen molar-refractivity contribution in [2.75, 3.05) is 5.75 Å². The van der Waals surface area contributed by atoms with Gasteiger partial charge < -0.3 is 5.73 Å². The zero-order valence-corrected chi connectivity index (χ0v) is 8.64. The van der Waals surface area contributed by atoms with E-state index in [-0.39, 0.29) is 0 Å². The van der Waals surface area contributed by atoms with Gasteiger partial charge in [0.1, 0.15) is 0 Å². The molecule has 3 heteroatoms. The summed E-state index contributed by atoms with van der Waals surface area (Å²) in [5.74, 6) is 1.37. The van der Waals surface area contributed by atoms with Crippen LogP contribution < -0.4 is 5.73 Å². The van der Waals surface area contributed by atoms with Gasteiger partial charge in [0.15, 0.2) is 0 Å². The van der Waals surface area contributed by atoms with Crippen molar-refractivity contribution in [2.45, 2.75) is 19.2 Å². The van der Waals surface area contributed by atoms with Crippen molar-refractivity contribution in [2.24, 2.45) is 5.73 Å². The smallest absolute Gasteiger partial charge is 0.0485 e. The van der Waals surface area contributed by atoms with E-state index in [0.717, 1.165) is 16.9 Å². The molecule has 72 valence electrons. The van der Waals surface area contributed by atoms with Crippen molar-refractivity contribution < 1.29 is 4.21 Å². The molecular weight excluding hydrogens is 182 g/mol. The quantitative estimate of drug-likeness (QED) is 0.793. The molecule has 0 saturated heterocycles. The number of rotatable bonds is 4. The van der Waals surface area contributed by atoms with Crippen LogP contribution in [0.3, 0.4) is 0 Å². The van der Waals surface area contributed by atoms with Gasteiger partial charge in [-0.3, -0.25) is 4.21 Å². The zero-order chi connectivity index (χ0) is 9.68. The average molecular weight is 197 g/mol. The topological polar surface area (TPSA) is 43.1 Å². The van der Waals surface area contributed by atoms with E-state index in [1.54, 1.807) is 0 Å². The number of hydrogen-bond acceptors (Lipinski definition) is 2. The van der Waals surface area contributed by atoms with Gasteiger partial charge in [-0.15, -0.1) is 0 Å². The molecule has 2 N–H and O–H groups in total. The van der Waals surface area contributed by atoms with E-state index in [4.69, 9.17) is 5.73 Å². The molecule has 0 heterocycles. The first-order valence-electron chi connectivity index (χ1n) is 4.39. The summed E-state index contributed by atoms with van der Waals surface area (Å²) in [5.41, 5.74) is 7.71. The molecule has 0 aliphatic carbocycles. The SMILES string of the molecule is CCS(=O)Cc1ccc(CN)cc1. The molecule has 0 bridgehead atoms. The fourth-order valence-electron chi connectivity index (χ4n) is 1.06. The van der Waals surface area contributed by atoms with Gasteiger partial charge in [-0.2, -0.15) is 0 Å². The lowest BCUT2D eigenvalue weighted by Gasteiger charge is -2.01. The molecule has 1 unspecified atom stereocenters. The Hall–Kier alpha value is -0.670. The minimum absolute atomic E-state index is 0.567. The third kappa shape index (κ3) is 3.28. The van der Waals surface area contributed by atoms with Crippen molar-refractivity contribution in [3.05, 3.63) is 35.4 Å². The third-order valence-electron chi connectivity index (χ3n) is 1.91. The zero-order valence-electron chi connectivity index (χ0n) is 7.82. The third-order valence-corrected chi connectivity index (χ3v) is 3.21. The Morgan fingerprint density at radius 1 is 1.23 bits per heavy atom. The fourth-order valence-corrected chi connectivity index (χ4v) is 1.83. The molecule has 0 saturated carbocycles. The molecule has 1 aromatic rings. The summed E-state index contributed by atoms with van der Waals surface area (Å²) in [5, 5.41) is 0. The number of nitrogens with two attached hydrogens (primary N) is 1. The Morgan fingerprint density at radius 2 is 1.77 bits per heavy atom. The highest BCUT2D eigenvalue weighted by atomic mass is 32.2. The molecule has 2 nitrogen and oxygen atoms in total. The van der Waals surface area contributed by atoms with E-state index in [0.29, 0.717) is 12.3 Å². The highest BCUT2D eigenvalue weighted by molar-refractivity contribution is 7.84. The predicted molar refractivity (Wildman–Crippen MR) is 56.7 cm³/mol. The lowest BCUT2D eigenvalue weighted by molar-refractivity contribution is 0.683. The van der Waals surface area contributed by atoms with Crippen LogP contribution in [-0.2, 0) is 23.1 Å². The summed E-state index contributed by atoms with van der Waals surface area (Å²) in [6, 6.07) is 7.97. The van der Waals surface area contributed by atoms with Gasteiger partial charge in [-0.25, -0.2) is 0 Å². The van der Waals surface area contributed by atoms with Crippen LogP contribution in [0.4, 0.5) is 0 Å². The largest absolute Gasteiger partial charge is 0.326 e. The average Bonchev–Trinajstić information content (AvgIpc) is 2.19. The van der Waals surface area contributed by atoms with Gasteiger partial charge in [0.25, 0.3) is 0 Å². The molecule has 0 fully saturated rings. The van der Waals surface area contributed by atoms with E-state index in [2.05, 4.69) is 0 Å². The standard InChI is InChI=1S/C10H15NOS/c1-2-13(12)8-10-5-3-9(7-11)4-6-10/h3-6H,2,7-8,11H2,1H3. The van der Waals surface area contributed by atoms with Gasteiger partial charge in [0, 0.05) is 28.9 Å². The molecule has 0 aliphatic heterocycles. The lowest BCUT2D eigenvalue weighted by atomic mass is 10.1. The molecule has 1 rings (SSSR count). The molecule has 0 spiro atoms. The maximum Gasteiger partial charge on any atom is 0.0485 e. The van der Waals surface area contributed by atoms with Crippen LogP contribution in [-0.4, -0.2) is 9.96 Å². The number of benzene rings is 1. The highest BCUT2D eigenvalue weighted by Crippen LogP contribution is 2.06. The van der Waals surface area contributed by atoms with Crippen LogP contribution in [0.15, 0.2) is 24.3 Å². The Labute approximate surface area is 81.6 Å². The van der Waals surface area contributed by atoms with Crippen LogP contribution in [0.2, 0.25) is 0 Å². The van der Waals surface area contributed by atoms with E-state index < -0.39 is 10.8 Å². The molecule has 0 aromatic heterocycles. The van der Waals surface area contributed by atoms with Gasteiger partial charge in [0.05, 0.1) is 0 Å². The van der Waals surface area contributed by atoms with Crippen LogP contribution in [0.5, 0.6) is 0 Å². The monoisotopic (exact) mass is 197 g/mol. The van der Waals surface area contributed by atoms with Crippen LogP contribution in [0, 0.1) is 0 Å². The summed E-state index contributed by atoms with van der Waals surface area (Å²) >= 11 is 0. The van der Waals surface area contributed by atoms with Gasteiger partial charge in [-0.1, -0.05) is 31.2 Å². The first-order valence-corrected chi connectivity index (χ1v) is 5.88. The molecular formula is C10H15NOS. The summed E-state index contributed by atoms with van der Waals surface area (Å²) in [4.78, 5) is 0. The van der Waals surface area contributed by atoms with E-state index in [9.17, 15) is 4.21 Å². The molecule has 1 atom stereocenters. The molecule has 0 radical (unpaired) electrons. The fraction of sp³-hybridized carbons (Fsp3) is 0.400. The Balaban J connectivity index is 2.64. The first kappa shape index (κ1) is 10.4. The summed E-state index contributed by atoms with van der Waals surface area (Å²) in [6.45, 7) is 2.50. The van der Waals surface area contributed by atoms with Crippen molar-refractivity contribution in [1.29, 1.82) is 0 Å². The maximum atomic E-state index is 11.2. The summed E-state index contributed by atoms with van der Waals surface area (Å²) in [6.07, 6.45) is 0. The van der Waals surface area contributed by atoms with Gasteiger partial charge in [-0.05, 0) is 11.1 Å². The minimum atomic E-state index is -0.718. The van der Waals surface area contributed by atoms with Crippen LogP contribution in [0.1, 0.15) is 18.1 Å². The van der Waals surface area contributed by atoms with E-state index in [1.807, 2.05) is 31.2 Å². The lowest BCUT2D eigenvalue weighted by Crippen LogP contribution is -1.99. The molecule has 0 aliphatic rings. The van der Waals surface area contributed by atoms with E-state index >= 15 is 0 Å². The maximum absolute atomic E-state index is 11.2.